The van der Waals surface area contributed by atoms with Crippen LogP contribution in [0.4, 0.5) is 0 Å². The van der Waals surface area contributed by atoms with Crippen LogP contribution in [0.1, 0.15) is 86.0 Å². The first kappa shape index (κ1) is 21.2. The third-order valence-electron chi connectivity index (χ3n) is 8.02. The molecule has 5 heteroatoms. The van der Waals surface area contributed by atoms with Gasteiger partial charge in [-0.05, 0) is 85.6 Å². The van der Waals surface area contributed by atoms with Crippen molar-refractivity contribution in [2.45, 2.75) is 75.4 Å². The minimum atomic E-state index is -0.405. The molecule has 0 amide bonds. The van der Waals surface area contributed by atoms with Crippen LogP contribution in [0, 0.1) is 5.92 Å². The van der Waals surface area contributed by atoms with E-state index < -0.39 is 6.10 Å². The van der Waals surface area contributed by atoms with Gasteiger partial charge in [-0.15, -0.1) is 0 Å². The van der Waals surface area contributed by atoms with Crippen LogP contribution in [0.2, 0.25) is 0 Å². The Morgan fingerprint density at radius 2 is 1.64 bits per heavy atom. The molecule has 1 aromatic carbocycles. The van der Waals surface area contributed by atoms with Crippen LogP contribution in [0.3, 0.4) is 0 Å². The standard InChI is InChI=1S/C28H34N2O3/c31-28(27-25(21-3-4-21)11-14-30-18-29-17-26(27)30)22-5-1-19(2-6-22)20-7-9-23(10-8-20)33-24-12-15-32-16-13-24/h7-11,14,17-19,21-22,24,28,31H,1-6,12-13,15-16H2/t19?,22?,28-/m0/s1. The van der Waals surface area contributed by atoms with Crippen molar-refractivity contribution >= 4 is 5.52 Å². The quantitative estimate of drug-likeness (QED) is 0.522. The molecule has 2 aromatic heterocycles. The van der Waals surface area contributed by atoms with Gasteiger partial charge in [-0.1, -0.05) is 12.1 Å². The van der Waals surface area contributed by atoms with E-state index in [1.54, 1.807) is 0 Å². The molecule has 6 rings (SSSR count). The molecule has 5 nitrogen and oxygen atoms in total. The molecular formula is C28H34N2O3. The van der Waals surface area contributed by atoms with E-state index in [1.807, 2.05) is 12.5 Å². The maximum absolute atomic E-state index is 11.5. The number of aliphatic hydroxyl groups is 1. The summed E-state index contributed by atoms with van der Waals surface area (Å²) < 4.78 is 13.6. The molecule has 2 saturated carbocycles. The number of ether oxygens (including phenoxy) is 2. The average Bonchev–Trinajstić information content (AvgIpc) is 3.60. The number of hydrogen-bond donors (Lipinski definition) is 1. The highest BCUT2D eigenvalue weighted by molar-refractivity contribution is 5.59. The summed E-state index contributed by atoms with van der Waals surface area (Å²) in [7, 11) is 0. The summed E-state index contributed by atoms with van der Waals surface area (Å²) in [4.78, 5) is 4.34. The average molecular weight is 447 g/mol. The van der Waals surface area contributed by atoms with Gasteiger partial charge in [0, 0.05) is 24.6 Å². The molecule has 1 saturated heterocycles. The lowest BCUT2D eigenvalue weighted by atomic mass is 9.75. The number of hydrogen-bond acceptors (Lipinski definition) is 4. The molecule has 174 valence electrons. The molecule has 2 aliphatic carbocycles. The molecule has 3 heterocycles. The summed E-state index contributed by atoms with van der Waals surface area (Å²) in [5, 5.41) is 11.5. The molecule has 33 heavy (non-hydrogen) atoms. The summed E-state index contributed by atoms with van der Waals surface area (Å²) in [6.45, 7) is 1.60. The van der Waals surface area contributed by atoms with Crippen molar-refractivity contribution in [1.29, 1.82) is 0 Å². The van der Waals surface area contributed by atoms with Gasteiger partial charge >= 0.3 is 0 Å². The summed E-state index contributed by atoms with van der Waals surface area (Å²) in [5.41, 5.74) is 4.96. The van der Waals surface area contributed by atoms with Crippen molar-refractivity contribution in [1.82, 2.24) is 9.38 Å². The molecule has 3 fully saturated rings. The zero-order valence-corrected chi connectivity index (χ0v) is 19.2. The number of pyridine rings is 1. The predicted octanol–water partition coefficient (Wildman–Crippen LogP) is 5.78. The number of rotatable bonds is 6. The van der Waals surface area contributed by atoms with Gasteiger partial charge in [-0.2, -0.15) is 0 Å². The Kier molecular flexibility index (Phi) is 5.85. The van der Waals surface area contributed by atoms with E-state index >= 15 is 0 Å². The summed E-state index contributed by atoms with van der Waals surface area (Å²) in [5.74, 6) is 2.47. The number of aliphatic hydroxyl groups excluding tert-OH is 1. The fraction of sp³-hybridized carbons (Fsp3) is 0.536. The van der Waals surface area contributed by atoms with Crippen LogP contribution in [0.5, 0.6) is 5.75 Å². The molecule has 1 aliphatic heterocycles. The van der Waals surface area contributed by atoms with E-state index in [0.29, 0.717) is 17.8 Å². The Morgan fingerprint density at radius 3 is 2.36 bits per heavy atom. The maximum Gasteiger partial charge on any atom is 0.119 e. The normalized spacial score (nSPS) is 25.2. The van der Waals surface area contributed by atoms with Crippen molar-refractivity contribution in [3.05, 3.63) is 65.7 Å². The first-order valence-electron chi connectivity index (χ1n) is 12.7. The fourth-order valence-electron chi connectivity index (χ4n) is 5.91. The van der Waals surface area contributed by atoms with E-state index in [-0.39, 0.29) is 6.10 Å². The van der Waals surface area contributed by atoms with E-state index in [1.165, 1.54) is 24.0 Å². The summed E-state index contributed by atoms with van der Waals surface area (Å²) >= 11 is 0. The maximum atomic E-state index is 11.5. The highest BCUT2D eigenvalue weighted by Crippen LogP contribution is 2.48. The Balaban J connectivity index is 1.11. The third kappa shape index (κ3) is 4.41. The van der Waals surface area contributed by atoms with Crippen LogP contribution in [0.25, 0.3) is 5.52 Å². The number of fused-ring (bicyclic) bond motifs is 1. The largest absolute Gasteiger partial charge is 0.490 e. The SMILES string of the molecule is O[C@H](c1c(C2CC2)ccn2cncc12)C1CCC(c2ccc(OC3CCOCC3)cc2)CC1. The summed E-state index contributed by atoms with van der Waals surface area (Å²) in [6, 6.07) is 11.0. The predicted molar refractivity (Wildman–Crippen MR) is 128 cm³/mol. The van der Waals surface area contributed by atoms with Crippen LogP contribution < -0.4 is 4.74 Å². The highest BCUT2D eigenvalue weighted by Gasteiger charge is 2.34. The number of nitrogens with zero attached hydrogens (tertiary/aromatic N) is 2. The van der Waals surface area contributed by atoms with E-state index in [2.05, 4.69) is 45.9 Å². The molecule has 3 aliphatic rings. The van der Waals surface area contributed by atoms with Gasteiger partial charge < -0.3 is 19.0 Å². The molecule has 1 atom stereocenters. The zero-order chi connectivity index (χ0) is 22.2. The smallest absolute Gasteiger partial charge is 0.119 e. The Hall–Kier alpha value is -2.37. The van der Waals surface area contributed by atoms with Crippen molar-refractivity contribution < 1.29 is 14.6 Å². The molecule has 3 aromatic rings. The van der Waals surface area contributed by atoms with Crippen molar-refractivity contribution in [3.8, 4) is 5.75 Å². The van der Waals surface area contributed by atoms with E-state index in [9.17, 15) is 5.11 Å². The Labute approximate surface area is 195 Å². The van der Waals surface area contributed by atoms with Gasteiger partial charge in [0.25, 0.3) is 0 Å². The van der Waals surface area contributed by atoms with Crippen LogP contribution in [0.15, 0.2) is 49.1 Å². The molecule has 0 radical (unpaired) electrons. The number of aromatic nitrogens is 2. The van der Waals surface area contributed by atoms with Gasteiger partial charge in [0.15, 0.2) is 0 Å². The van der Waals surface area contributed by atoms with E-state index in [4.69, 9.17) is 9.47 Å². The Bertz CT molecular complexity index is 1070. The van der Waals surface area contributed by atoms with Gasteiger partial charge in [0.2, 0.25) is 0 Å². The second kappa shape index (κ2) is 9.11. The summed E-state index contributed by atoms with van der Waals surface area (Å²) in [6.07, 6.45) is 14.5. The molecule has 0 spiro atoms. The Morgan fingerprint density at radius 1 is 0.909 bits per heavy atom. The minimum absolute atomic E-state index is 0.280. The lowest BCUT2D eigenvalue weighted by molar-refractivity contribution is 0.0255. The van der Waals surface area contributed by atoms with Crippen molar-refractivity contribution in [3.63, 3.8) is 0 Å². The van der Waals surface area contributed by atoms with Crippen molar-refractivity contribution in [2.75, 3.05) is 13.2 Å². The molecule has 0 unspecified atom stereocenters. The number of imidazole rings is 1. The minimum Gasteiger partial charge on any atom is -0.490 e. The highest BCUT2D eigenvalue weighted by atomic mass is 16.5. The van der Waals surface area contributed by atoms with Crippen LogP contribution in [-0.4, -0.2) is 33.8 Å². The first-order valence-corrected chi connectivity index (χ1v) is 12.7. The first-order chi connectivity index (χ1) is 16.3. The second-order valence-corrected chi connectivity index (χ2v) is 10.2. The van der Waals surface area contributed by atoms with Crippen LogP contribution >= 0.6 is 0 Å². The molecule has 1 N–H and O–H groups in total. The van der Waals surface area contributed by atoms with Crippen LogP contribution in [-0.2, 0) is 4.74 Å². The monoisotopic (exact) mass is 446 g/mol. The zero-order valence-electron chi connectivity index (χ0n) is 19.2. The third-order valence-corrected chi connectivity index (χ3v) is 8.02. The fourth-order valence-corrected chi connectivity index (χ4v) is 5.91. The van der Waals surface area contributed by atoms with Crippen molar-refractivity contribution in [2.24, 2.45) is 5.92 Å². The molecule has 0 bridgehead atoms. The number of benzene rings is 1. The van der Waals surface area contributed by atoms with Gasteiger partial charge in [-0.25, -0.2) is 4.98 Å². The second-order valence-electron chi connectivity index (χ2n) is 10.2. The lowest BCUT2D eigenvalue weighted by Crippen LogP contribution is -2.25. The molecular weight excluding hydrogens is 412 g/mol. The van der Waals surface area contributed by atoms with Gasteiger partial charge in [0.1, 0.15) is 11.9 Å². The lowest BCUT2D eigenvalue weighted by Gasteiger charge is -2.33. The topological polar surface area (TPSA) is 56.0 Å². The van der Waals surface area contributed by atoms with Gasteiger partial charge in [-0.3, -0.25) is 0 Å². The van der Waals surface area contributed by atoms with Gasteiger partial charge in [0.05, 0.1) is 37.4 Å². The van der Waals surface area contributed by atoms with E-state index in [0.717, 1.165) is 68.6 Å².